The topological polar surface area (TPSA) is 105 Å². The fourth-order valence-electron chi connectivity index (χ4n) is 5.67. The third kappa shape index (κ3) is 5.17. The van der Waals surface area contributed by atoms with E-state index in [4.69, 9.17) is 4.74 Å². The summed E-state index contributed by atoms with van der Waals surface area (Å²) in [6.45, 7) is 4.68. The van der Waals surface area contributed by atoms with Crippen LogP contribution in [0.3, 0.4) is 0 Å². The summed E-state index contributed by atoms with van der Waals surface area (Å²) in [5, 5.41) is 12.1. The zero-order valence-electron chi connectivity index (χ0n) is 22.4. The number of aromatic nitrogens is 2. The van der Waals surface area contributed by atoms with E-state index in [9.17, 15) is 32.3 Å². The van der Waals surface area contributed by atoms with Crippen molar-refractivity contribution in [1.29, 1.82) is 0 Å². The van der Waals surface area contributed by atoms with Crippen LogP contribution in [0.15, 0.2) is 42.7 Å². The molecular weight excluding hydrogens is 544 g/mol. The first-order valence-electron chi connectivity index (χ1n) is 13.1. The molecular formula is C29H28F4N4O4. The van der Waals surface area contributed by atoms with E-state index in [2.05, 4.69) is 15.3 Å². The largest absolute Gasteiger partial charge is 0.436 e. The quantitative estimate of drug-likeness (QED) is 0.422. The van der Waals surface area contributed by atoms with Gasteiger partial charge in [0.25, 0.3) is 5.91 Å². The molecule has 216 valence electrons. The first-order valence-corrected chi connectivity index (χ1v) is 13.1. The van der Waals surface area contributed by atoms with E-state index in [1.807, 2.05) is 19.9 Å². The third-order valence-electron chi connectivity index (χ3n) is 7.92. The van der Waals surface area contributed by atoms with Crippen LogP contribution < -0.4 is 10.2 Å². The van der Waals surface area contributed by atoms with Gasteiger partial charge >= 0.3 is 6.18 Å². The van der Waals surface area contributed by atoms with E-state index in [0.29, 0.717) is 43.0 Å². The molecule has 41 heavy (non-hydrogen) atoms. The minimum atomic E-state index is -5.05. The van der Waals surface area contributed by atoms with E-state index < -0.39 is 34.6 Å². The van der Waals surface area contributed by atoms with Gasteiger partial charge in [0.1, 0.15) is 5.82 Å². The second-order valence-electron chi connectivity index (χ2n) is 10.4. The SMILES string of the molecule is Cc1ccc(NC(=O)c2ccnc(C(F)(F)F)c2F)cc1-c1cnc2c(c1)C1(C)CCOCC[C@@H]1C(=O)N2CCO. The van der Waals surface area contributed by atoms with Crippen molar-refractivity contribution in [1.82, 2.24) is 9.97 Å². The van der Waals surface area contributed by atoms with Crippen molar-refractivity contribution in [3.63, 3.8) is 0 Å². The number of ether oxygens (including phenoxy) is 1. The molecule has 4 heterocycles. The van der Waals surface area contributed by atoms with Gasteiger partial charge in [-0.2, -0.15) is 13.2 Å². The fourth-order valence-corrected chi connectivity index (χ4v) is 5.67. The number of fused-ring (bicyclic) bond motifs is 3. The summed E-state index contributed by atoms with van der Waals surface area (Å²) in [5.74, 6) is -2.78. The maximum Gasteiger partial charge on any atom is 0.436 e. The molecule has 0 spiro atoms. The van der Waals surface area contributed by atoms with Crippen LogP contribution in [0.2, 0.25) is 0 Å². The number of alkyl halides is 3. The molecule has 8 nitrogen and oxygen atoms in total. The summed E-state index contributed by atoms with van der Waals surface area (Å²) in [6, 6.07) is 7.75. The van der Waals surface area contributed by atoms with Crippen LogP contribution in [0.5, 0.6) is 0 Å². The monoisotopic (exact) mass is 572 g/mol. The molecule has 1 fully saturated rings. The molecule has 0 bridgehead atoms. The van der Waals surface area contributed by atoms with Crippen LogP contribution in [0.25, 0.3) is 11.1 Å². The third-order valence-corrected chi connectivity index (χ3v) is 7.92. The molecule has 5 rings (SSSR count). The highest BCUT2D eigenvalue weighted by atomic mass is 19.4. The van der Waals surface area contributed by atoms with Gasteiger partial charge in [0, 0.05) is 47.8 Å². The van der Waals surface area contributed by atoms with Crippen LogP contribution in [-0.2, 0) is 21.1 Å². The fraction of sp³-hybridized carbons (Fsp3) is 0.379. The lowest BCUT2D eigenvalue weighted by molar-refractivity contribution is -0.143. The van der Waals surface area contributed by atoms with Crippen molar-refractivity contribution in [2.24, 2.45) is 5.92 Å². The zero-order valence-corrected chi connectivity index (χ0v) is 22.4. The van der Waals surface area contributed by atoms with Crippen molar-refractivity contribution < 1.29 is 37.0 Å². The maximum absolute atomic E-state index is 14.5. The highest BCUT2D eigenvalue weighted by Gasteiger charge is 2.49. The molecule has 2 amide bonds. The van der Waals surface area contributed by atoms with E-state index in [-0.39, 0.29) is 30.7 Å². The summed E-state index contributed by atoms with van der Waals surface area (Å²) in [4.78, 5) is 35.4. The lowest BCUT2D eigenvalue weighted by atomic mass is 9.66. The van der Waals surface area contributed by atoms with Crippen molar-refractivity contribution in [2.75, 3.05) is 36.6 Å². The number of hydrogen-bond acceptors (Lipinski definition) is 6. The highest BCUT2D eigenvalue weighted by molar-refractivity contribution is 6.05. The Balaban J connectivity index is 1.52. The number of aliphatic hydroxyl groups excluding tert-OH is 1. The Bertz CT molecular complexity index is 1510. The number of halogens is 4. The molecule has 2 atom stereocenters. The number of amides is 2. The number of carbonyl (C=O) groups excluding carboxylic acids is 2. The van der Waals surface area contributed by atoms with Crippen LogP contribution in [0.4, 0.5) is 29.1 Å². The molecule has 3 aromatic rings. The number of rotatable bonds is 5. The Morgan fingerprint density at radius 3 is 2.73 bits per heavy atom. The van der Waals surface area contributed by atoms with Gasteiger partial charge in [-0.05, 0) is 55.2 Å². The summed E-state index contributed by atoms with van der Waals surface area (Å²) in [7, 11) is 0. The minimum absolute atomic E-state index is 0.0993. The Morgan fingerprint density at radius 1 is 1.22 bits per heavy atom. The average Bonchev–Trinajstić information content (AvgIpc) is 3.13. The lowest BCUT2D eigenvalue weighted by Crippen LogP contribution is -2.52. The minimum Gasteiger partial charge on any atom is -0.395 e. The number of anilines is 2. The van der Waals surface area contributed by atoms with Crippen molar-refractivity contribution in [2.45, 2.75) is 38.3 Å². The number of hydrogen-bond donors (Lipinski definition) is 2. The number of aliphatic hydroxyl groups is 1. The predicted octanol–water partition coefficient (Wildman–Crippen LogP) is 4.89. The molecule has 12 heteroatoms. The molecule has 2 aromatic heterocycles. The number of pyridine rings is 2. The van der Waals surface area contributed by atoms with Crippen LogP contribution in [0.1, 0.15) is 46.9 Å². The van der Waals surface area contributed by atoms with E-state index in [1.165, 1.54) is 4.90 Å². The van der Waals surface area contributed by atoms with Gasteiger partial charge in [-0.15, -0.1) is 0 Å². The molecule has 0 aliphatic carbocycles. The van der Waals surface area contributed by atoms with Crippen LogP contribution in [0, 0.1) is 18.7 Å². The summed E-state index contributed by atoms with van der Waals surface area (Å²) in [5.41, 5.74) is 0.159. The lowest BCUT2D eigenvalue weighted by Gasteiger charge is -2.44. The summed E-state index contributed by atoms with van der Waals surface area (Å²) in [6.07, 6.45) is -1.59. The van der Waals surface area contributed by atoms with Gasteiger partial charge < -0.3 is 15.2 Å². The second kappa shape index (κ2) is 10.8. The first kappa shape index (κ1) is 28.6. The number of β-amino-alcohol motifs (C(OH)–C–C–N with tert-alkyl or cyclic N) is 1. The Hall–Kier alpha value is -3.90. The van der Waals surface area contributed by atoms with Crippen molar-refractivity contribution in [3.05, 3.63) is 70.9 Å². The number of aryl methyl sites for hydroxylation is 1. The van der Waals surface area contributed by atoms with E-state index in [0.717, 1.165) is 23.4 Å². The van der Waals surface area contributed by atoms with E-state index >= 15 is 0 Å². The van der Waals surface area contributed by atoms with Crippen molar-refractivity contribution in [3.8, 4) is 11.1 Å². The van der Waals surface area contributed by atoms with Crippen LogP contribution in [-0.4, -0.2) is 53.3 Å². The normalized spacial score (nSPS) is 20.7. The first-order chi connectivity index (χ1) is 19.5. The molecule has 2 aliphatic rings. The Kier molecular flexibility index (Phi) is 7.56. The van der Waals surface area contributed by atoms with Gasteiger partial charge in [0.15, 0.2) is 11.5 Å². The predicted molar refractivity (Wildman–Crippen MR) is 142 cm³/mol. The summed E-state index contributed by atoms with van der Waals surface area (Å²) < 4.78 is 59.5. The van der Waals surface area contributed by atoms with Gasteiger partial charge in [0.05, 0.1) is 24.6 Å². The Morgan fingerprint density at radius 2 is 2.00 bits per heavy atom. The second-order valence-corrected chi connectivity index (χ2v) is 10.4. The van der Waals surface area contributed by atoms with Gasteiger partial charge in [-0.3, -0.25) is 14.5 Å². The molecule has 1 saturated heterocycles. The number of nitrogens with zero attached hydrogens (tertiary/aromatic N) is 3. The average molecular weight is 573 g/mol. The molecule has 1 unspecified atom stereocenters. The van der Waals surface area contributed by atoms with Gasteiger partial charge in [-0.25, -0.2) is 14.4 Å². The molecule has 0 radical (unpaired) electrons. The van der Waals surface area contributed by atoms with Gasteiger partial charge in [0.2, 0.25) is 5.91 Å². The standard InChI is InChI=1S/C29H28F4N4O4/c1-16-3-4-18(36-26(39)19-5-8-34-24(23(19)30)29(31,32)33)14-20(16)17-13-22-25(35-15-17)37(9-10-38)27(40)21-6-11-41-12-7-28(21,22)2/h3-5,8,13-15,21,38H,6-7,9-12H2,1-2H3,(H,36,39)/t21-,28?/m1/s1. The van der Waals surface area contributed by atoms with Crippen LogP contribution >= 0.6 is 0 Å². The molecule has 0 saturated carbocycles. The van der Waals surface area contributed by atoms with Gasteiger partial charge in [-0.1, -0.05) is 13.0 Å². The molecule has 1 aromatic carbocycles. The van der Waals surface area contributed by atoms with Crippen molar-refractivity contribution >= 4 is 23.3 Å². The molecule has 2 N–H and O–H groups in total. The zero-order chi connectivity index (χ0) is 29.5. The smallest absolute Gasteiger partial charge is 0.395 e. The number of benzene rings is 1. The maximum atomic E-state index is 14.5. The van der Waals surface area contributed by atoms with E-state index in [1.54, 1.807) is 24.4 Å². The number of nitrogens with one attached hydrogen (secondary N) is 1. The molecule has 2 aliphatic heterocycles. The number of carbonyl (C=O) groups is 2. The Labute approximate surface area is 233 Å². The summed E-state index contributed by atoms with van der Waals surface area (Å²) >= 11 is 0. The highest BCUT2D eigenvalue weighted by Crippen LogP contribution is 2.48.